The Kier molecular flexibility index (Phi) is 10.3. The van der Waals surface area contributed by atoms with Gasteiger partial charge in [0, 0.05) is 49.6 Å². The Labute approximate surface area is 237 Å². The van der Waals surface area contributed by atoms with E-state index in [2.05, 4.69) is 15.6 Å². The Hall–Kier alpha value is -4.13. The van der Waals surface area contributed by atoms with Crippen LogP contribution in [0.15, 0.2) is 48.7 Å². The van der Waals surface area contributed by atoms with E-state index in [1.54, 1.807) is 42.5 Å². The van der Waals surface area contributed by atoms with E-state index < -0.39 is 47.7 Å². The summed E-state index contributed by atoms with van der Waals surface area (Å²) in [7, 11) is 1.50. The van der Waals surface area contributed by atoms with Crippen LogP contribution in [0.1, 0.15) is 26.0 Å². The molecule has 2 aromatic rings. The van der Waals surface area contributed by atoms with Crippen LogP contribution in [0.3, 0.4) is 0 Å². The number of halogens is 2. The summed E-state index contributed by atoms with van der Waals surface area (Å²) >= 11 is 0. The first-order chi connectivity index (χ1) is 19.4. The standard InChI is InChI=1S/C28H36F2N6O5/c1-27(2,32)25(38)35-21(16-41-20-9-6-8-19(13-20)40-3)24(37)36-12-10-22(31)28(17-36,26(39)34-15-23(29)30)14-18-7-4-5-11-33-18/h4-9,11,13,21,23,31H,10,12,14-17,32H2,1-3H3,(H,34,39)(H,35,38)/t21-,28-/m1/s1. The molecule has 1 fully saturated rings. The second kappa shape index (κ2) is 13.5. The second-order valence-electron chi connectivity index (χ2n) is 10.4. The molecule has 222 valence electrons. The highest BCUT2D eigenvalue weighted by Crippen LogP contribution is 2.32. The number of rotatable bonds is 12. The number of carbonyl (C=O) groups is 3. The van der Waals surface area contributed by atoms with Crippen molar-refractivity contribution in [1.29, 1.82) is 5.41 Å². The number of likely N-dealkylation sites (tertiary alicyclic amines) is 1. The van der Waals surface area contributed by atoms with Gasteiger partial charge >= 0.3 is 0 Å². The third-order valence-electron chi connectivity index (χ3n) is 6.69. The number of pyridine rings is 1. The van der Waals surface area contributed by atoms with E-state index in [0.717, 1.165) is 0 Å². The van der Waals surface area contributed by atoms with Gasteiger partial charge in [0.05, 0.1) is 19.2 Å². The van der Waals surface area contributed by atoms with Crippen LogP contribution in [0, 0.1) is 10.8 Å². The normalized spacial score (nSPS) is 18.0. The van der Waals surface area contributed by atoms with Gasteiger partial charge in [0.2, 0.25) is 17.7 Å². The van der Waals surface area contributed by atoms with Crippen molar-refractivity contribution in [3.05, 3.63) is 54.4 Å². The summed E-state index contributed by atoms with van der Waals surface area (Å²) in [6.45, 7) is 1.59. The molecule has 1 aliphatic rings. The van der Waals surface area contributed by atoms with Crippen LogP contribution in [0.25, 0.3) is 0 Å². The fourth-order valence-corrected chi connectivity index (χ4v) is 4.39. The molecule has 2 heterocycles. The van der Waals surface area contributed by atoms with Crippen molar-refractivity contribution in [1.82, 2.24) is 20.5 Å². The van der Waals surface area contributed by atoms with Crippen molar-refractivity contribution in [2.45, 2.75) is 44.7 Å². The van der Waals surface area contributed by atoms with E-state index in [1.807, 2.05) is 0 Å². The van der Waals surface area contributed by atoms with Gasteiger partial charge in [0.25, 0.3) is 6.43 Å². The molecule has 13 heteroatoms. The monoisotopic (exact) mass is 574 g/mol. The average molecular weight is 575 g/mol. The SMILES string of the molecule is COc1cccc(OC[C@@H](NC(=O)C(C)(C)N)C(=O)N2CCC(=N)[C@](Cc3ccccn3)(C(=O)NCC(F)F)C2)c1. The third-order valence-corrected chi connectivity index (χ3v) is 6.69. The lowest BCUT2D eigenvalue weighted by molar-refractivity contribution is -0.141. The summed E-state index contributed by atoms with van der Waals surface area (Å²) in [5.41, 5.74) is 3.45. The minimum absolute atomic E-state index is 0.00437. The lowest BCUT2D eigenvalue weighted by Gasteiger charge is -2.43. The number of piperidine rings is 1. The number of hydrogen-bond acceptors (Lipinski definition) is 8. The average Bonchev–Trinajstić information content (AvgIpc) is 2.94. The van der Waals surface area contributed by atoms with Gasteiger partial charge in [-0.15, -0.1) is 0 Å². The van der Waals surface area contributed by atoms with Gasteiger partial charge in [-0.3, -0.25) is 19.4 Å². The third kappa shape index (κ3) is 8.19. The molecule has 0 radical (unpaired) electrons. The molecule has 0 spiro atoms. The predicted octanol–water partition coefficient (Wildman–Crippen LogP) is 1.55. The van der Waals surface area contributed by atoms with Gasteiger partial charge < -0.3 is 36.2 Å². The highest BCUT2D eigenvalue weighted by atomic mass is 19.3. The van der Waals surface area contributed by atoms with Crippen LogP contribution in [0.2, 0.25) is 0 Å². The lowest BCUT2D eigenvalue weighted by Crippen LogP contribution is -2.63. The van der Waals surface area contributed by atoms with E-state index in [1.165, 1.54) is 32.1 Å². The van der Waals surface area contributed by atoms with Gasteiger partial charge in [-0.1, -0.05) is 12.1 Å². The van der Waals surface area contributed by atoms with E-state index in [-0.39, 0.29) is 38.2 Å². The molecular weight excluding hydrogens is 538 g/mol. The number of nitrogens with one attached hydrogen (secondary N) is 3. The van der Waals surface area contributed by atoms with Gasteiger partial charge in [-0.2, -0.15) is 0 Å². The van der Waals surface area contributed by atoms with Crippen LogP contribution in [0.4, 0.5) is 8.78 Å². The molecule has 3 amide bonds. The Morgan fingerprint density at radius 1 is 1.20 bits per heavy atom. The van der Waals surface area contributed by atoms with Crippen molar-refractivity contribution >= 4 is 23.4 Å². The Balaban J connectivity index is 1.91. The maximum atomic E-state index is 13.9. The number of hydrogen-bond donors (Lipinski definition) is 4. The number of benzene rings is 1. The maximum absolute atomic E-state index is 13.9. The van der Waals surface area contributed by atoms with Gasteiger partial charge in [0.1, 0.15) is 29.6 Å². The number of amides is 3. The number of carbonyl (C=O) groups excluding carboxylic acids is 3. The summed E-state index contributed by atoms with van der Waals surface area (Å²) < 4.78 is 37.0. The molecule has 0 saturated carbocycles. The number of alkyl halides is 2. The summed E-state index contributed by atoms with van der Waals surface area (Å²) in [4.78, 5) is 45.6. The van der Waals surface area contributed by atoms with E-state index in [4.69, 9.17) is 20.6 Å². The zero-order valence-electron chi connectivity index (χ0n) is 23.3. The number of methoxy groups -OCH3 is 1. The van der Waals surface area contributed by atoms with Crippen molar-refractivity contribution in [2.24, 2.45) is 11.1 Å². The van der Waals surface area contributed by atoms with Crippen molar-refractivity contribution in [3.8, 4) is 11.5 Å². The molecule has 1 aromatic carbocycles. The topological polar surface area (TPSA) is 160 Å². The number of nitrogens with two attached hydrogens (primary N) is 1. The van der Waals surface area contributed by atoms with E-state index in [9.17, 15) is 23.2 Å². The largest absolute Gasteiger partial charge is 0.497 e. The summed E-state index contributed by atoms with van der Waals surface area (Å²) in [6.07, 6.45) is -1.35. The molecule has 0 aliphatic carbocycles. The highest BCUT2D eigenvalue weighted by Gasteiger charge is 2.49. The number of aromatic nitrogens is 1. The molecule has 1 saturated heterocycles. The minimum atomic E-state index is -2.80. The molecule has 0 unspecified atom stereocenters. The zero-order valence-corrected chi connectivity index (χ0v) is 23.3. The van der Waals surface area contributed by atoms with Crippen molar-refractivity contribution in [2.75, 3.05) is 33.4 Å². The quantitative estimate of drug-likeness (QED) is 0.299. The molecule has 2 atom stereocenters. The molecule has 3 rings (SSSR count). The first kappa shape index (κ1) is 31.4. The van der Waals surface area contributed by atoms with Gasteiger partial charge in [-0.25, -0.2) is 8.78 Å². The highest BCUT2D eigenvalue weighted by molar-refractivity contribution is 6.09. The molecule has 11 nitrogen and oxygen atoms in total. The summed E-state index contributed by atoms with van der Waals surface area (Å²) in [6, 6.07) is 10.5. The fourth-order valence-electron chi connectivity index (χ4n) is 4.39. The second-order valence-corrected chi connectivity index (χ2v) is 10.4. The van der Waals surface area contributed by atoms with E-state index >= 15 is 0 Å². The van der Waals surface area contributed by atoms with Crippen LogP contribution in [-0.2, 0) is 20.8 Å². The van der Waals surface area contributed by atoms with Gasteiger partial charge in [0.15, 0.2) is 0 Å². The smallest absolute Gasteiger partial charge is 0.255 e. The number of ether oxygens (including phenoxy) is 2. The van der Waals surface area contributed by atoms with Crippen LogP contribution < -0.4 is 25.8 Å². The van der Waals surface area contributed by atoms with E-state index in [0.29, 0.717) is 17.2 Å². The fraction of sp³-hybridized carbons (Fsp3) is 0.464. The van der Waals surface area contributed by atoms with Crippen molar-refractivity contribution < 1.29 is 32.6 Å². The van der Waals surface area contributed by atoms with Gasteiger partial charge in [-0.05, 0) is 38.1 Å². The number of nitrogens with zero attached hydrogens (tertiary/aromatic N) is 2. The molecular formula is C28H36F2N6O5. The zero-order chi connectivity index (χ0) is 30.2. The van der Waals surface area contributed by atoms with Crippen LogP contribution in [-0.4, -0.2) is 84.7 Å². The minimum Gasteiger partial charge on any atom is -0.497 e. The Bertz CT molecular complexity index is 1240. The summed E-state index contributed by atoms with van der Waals surface area (Å²) in [5.74, 6) is -1.07. The Morgan fingerprint density at radius 2 is 1.93 bits per heavy atom. The van der Waals surface area contributed by atoms with Crippen LogP contribution >= 0.6 is 0 Å². The molecule has 41 heavy (non-hydrogen) atoms. The Morgan fingerprint density at radius 3 is 2.56 bits per heavy atom. The first-order valence-corrected chi connectivity index (χ1v) is 13.1. The molecule has 5 N–H and O–H groups in total. The van der Waals surface area contributed by atoms with Crippen LogP contribution in [0.5, 0.6) is 11.5 Å². The molecule has 0 bridgehead atoms. The summed E-state index contributed by atoms with van der Waals surface area (Å²) in [5, 5.41) is 13.5. The molecule has 1 aliphatic heterocycles. The predicted molar refractivity (Wildman–Crippen MR) is 147 cm³/mol. The lowest BCUT2D eigenvalue weighted by atomic mass is 9.73. The maximum Gasteiger partial charge on any atom is 0.255 e. The molecule has 1 aromatic heterocycles. The first-order valence-electron chi connectivity index (χ1n) is 13.1. The van der Waals surface area contributed by atoms with Crippen molar-refractivity contribution in [3.63, 3.8) is 0 Å².